The fraction of sp³-hybridized carbons (Fsp3) is 0.857. The topological polar surface area (TPSA) is 18.5 Å². The monoisotopic (exact) mass is 222 g/mol. The van der Waals surface area contributed by atoms with Crippen molar-refractivity contribution in [2.24, 2.45) is 17.8 Å². The van der Waals surface area contributed by atoms with Crippen LogP contribution < -0.4 is 0 Å². The van der Waals surface area contributed by atoms with Gasteiger partial charge in [0, 0.05) is 6.42 Å². The summed E-state index contributed by atoms with van der Waals surface area (Å²) in [6.07, 6.45) is 11.0. The fourth-order valence-electron chi connectivity index (χ4n) is 3.50. The highest BCUT2D eigenvalue weighted by atomic mass is 16.7. The first kappa shape index (κ1) is 10.8. The largest absolute Gasteiger partial charge is 0.350 e. The van der Waals surface area contributed by atoms with E-state index in [4.69, 9.17) is 9.47 Å². The van der Waals surface area contributed by atoms with Crippen molar-refractivity contribution in [3.8, 4) is 0 Å². The van der Waals surface area contributed by atoms with Gasteiger partial charge < -0.3 is 9.47 Å². The molecule has 3 rings (SSSR count). The Morgan fingerprint density at radius 2 is 2.00 bits per heavy atom. The molecule has 90 valence electrons. The lowest BCUT2D eigenvalue weighted by Crippen LogP contribution is -2.38. The molecular weight excluding hydrogens is 200 g/mol. The van der Waals surface area contributed by atoms with Gasteiger partial charge >= 0.3 is 0 Å². The standard InChI is InChI=1S/C14H22O2/c1-14(15-7-2-8-16-14)6-5-13-10-11-3-4-12(13)9-11/h3-4,11-13H,2,5-10H2,1H3. The molecule has 0 radical (unpaired) electrons. The summed E-state index contributed by atoms with van der Waals surface area (Å²) < 4.78 is 11.5. The van der Waals surface area contributed by atoms with Gasteiger partial charge in [-0.05, 0) is 50.4 Å². The van der Waals surface area contributed by atoms with Gasteiger partial charge in [0.1, 0.15) is 0 Å². The quantitative estimate of drug-likeness (QED) is 0.683. The molecule has 0 amide bonds. The van der Waals surface area contributed by atoms with E-state index < -0.39 is 0 Å². The summed E-state index contributed by atoms with van der Waals surface area (Å²) in [6, 6.07) is 0. The maximum absolute atomic E-state index is 5.77. The highest BCUT2D eigenvalue weighted by Crippen LogP contribution is 2.46. The van der Waals surface area contributed by atoms with E-state index in [0.717, 1.165) is 43.8 Å². The summed E-state index contributed by atoms with van der Waals surface area (Å²) in [5, 5.41) is 0. The number of ether oxygens (including phenoxy) is 2. The zero-order valence-electron chi connectivity index (χ0n) is 10.2. The molecule has 0 aromatic rings. The number of rotatable bonds is 3. The zero-order valence-corrected chi connectivity index (χ0v) is 10.2. The van der Waals surface area contributed by atoms with Crippen LogP contribution >= 0.6 is 0 Å². The number of hydrogen-bond acceptors (Lipinski definition) is 2. The highest BCUT2D eigenvalue weighted by molar-refractivity contribution is 5.10. The predicted octanol–water partition coefficient (Wildman–Crippen LogP) is 3.13. The van der Waals surface area contributed by atoms with Gasteiger partial charge in [-0.2, -0.15) is 0 Å². The molecule has 3 unspecified atom stereocenters. The first-order valence-corrected chi connectivity index (χ1v) is 6.71. The van der Waals surface area contributed by atoms with Crippen LogP contribution in [0.25, 0.3) is 0 Å². The SMILES string of the molecule is CC1(CCC2CC3C=CC2C3)OCCCO1. The van der Waals surface area contributed by atoms with Crippen LogP contribution in [0, 0.1) is 17.8 Å². The van der Waals surface area contributed by atoms with Gasteiger partial charge in [0.2, 0.25) is 0 Å². The molecule has 2 aliphatic carbocycles. The summed E-state index contributed by atoms with van der Waals surface area (Å²) in [5.41, 5.74) is 0. The molecular formula is C14H22O2. The van der Waals surface area contributed by atoms with Crippen molar-refractivity contribution < 1.29 is 9.47 Å². The second-order valence-electron chi connectivity index (χ2n) is 5.76. The van der Waals surface area contributed by atoms with Crippen molar-refractivity contribution in [2.45, 2.75) is 44.8 Å². The van der Waals surface area contributed by atoms with Crippen LogP contribution in [0.15, 0.2) is 12.2 Å². The molecule has 1 saturated heterocycles. The zero-order chi connectivity index (χ0) is 11.0. The first-order chi connectivity index (χ1) is 7.75. The van der Waals surface area contributed by atoms with Crippen molar-refractivity contribution in [3.05, 3.63) is 12.2 Å². The van der Waals surface area contributed by atoms with Gasteiger partial charge in [0.05, 0.1) is 13.2 Å². The summed E-state index contributed by atoms with van der Waals surface area (Å²) in [7, 11) is 0. The number of allylic oxidation sites excluding steroid dienone is 2. The Hall–Kier alpha value is -0.340. The normalized spacial score (nSPS) is 40.4. The van der Waals surface area contributed by atoms with E-state index >= 15 is 0 Å². The third-order valence-electron chi connectivity index (χ3n) is 4.49. The fourth-order valence-corrected chi connectivity index (χ4v) is 3.50. The maximum atomic E-state index is 5.77. The molecule has 1 heterocycles. The summed E-state index contributed by atoms with van der Waals surface area (Å²) in [4.78, 5) is 0. The number of hydrogen-bond donors (Lipinski definition) is 0. The maximum Gasteiger partial charge on any atom is 0.165 e. The highest BCUT2D eigenvalue weighted by Gasteiger charge is 2.37. The molecule has 2 heteroatoms. The van der Waals surface area contributed by atoms with Gasteiger partial charge in [-0.3, -0.25) is 0 Å². The molecule has 0 aromatic carbocycles. The Labute approximate surface area is 98.0 Å². The third-order valence-corrected chi connectivity index (χ3v) is 4.49. The molecule has 0 N–H and O–H groups in total. The van der Waals surface area contributed by atoms with Gasteiger partial charge in [-0.15, -0.1) is 0 Å². The Kier molecular flexibility index (Phi) is 2.80. The minimum Gasteiger partial charge on any atom is -0.350 e. The average molecular weight is 222 g/mol. The van der Waals surface area contributed by atoms with Crippen LogP contribution in [0.1, 0.15) is 39.0 Å². The lowest BCUT2D eigenvalue weighted by Gasteiger charge is -2.35. The molecule has 2 nitrogen and oxygen atoms in total. The Balaban J connectivity index is 1.51. The molecule has 16 heavy (non-hydrogen) atoms. The Bertz CT molecular complexity index is 278. The predicted molar refractivity (Wildman–Crippen MR) is 63.0 cm³/mol. The minimum absolute atomic E-state index is 0.288. The molecule has 3 aliphatic rings. The Morgan fingerprint density at radius 3 is 2.62 bits per heavy atom. The summed E-state index contributed by atoms with van der Waals surface area (Å²) >= 11 is 0. The van der Waals surface area contributed by atoms with E-state index in [1.165, 1.54) is 19.3 Å². The van der Waals surface area contributed by atoms with Crippen LogP contribution in [0.2, 0.25) is 0 Å². The molecule has 1 saturated carbocycles. The smallest absolute Gasteiger partial charge is 0.165 e. The molecule has 3 atom stereocenters. The Morgan fingerprint density at radius 1 is 1.19 bits per heavy atom. The second-order valence-corrected chi connectivity index (χ2v) is 5.76. The van der Waals surface area contributed by atoms with Crippen molar-refractivity contribution in [1.29, 1.82) is 0 Å². The van der Waals surface area contributed by atoms with E-state index in [-0.39, 0.29) is 5.79 Å². The molecule has 0 spiro atoms. The third kappa shape index (κ3) is 2.05. The van der Waals surface area contributed by atoms with E-state index in [2.05, 4.69) is 19.1 Å². The van der Waals surface area contributed by atoms with Crippen LogP contribution in [-0.4, -0.2) is 19.0 Å². The van der Waals surface area contributed by atoms with Gasteiger partial charge in [0.15, 0.2) is 5.79 Å². The summed E-state index contributed by atoms with van der Waals surface area (Å²) in [5.74, 6) is 2.35. The van der Waals surface area contributed by atoms with E-state index in [1.54, 1.807) is 0 Å². The van der Waals surface area contributed by atoms with Crippen molar-refractivity contribution >= 4 is 0 Å². The molecule has 2 fully saturated rings. The van der Waals surface area contributed by atoms with Gasteiger partial charge in [-0.1, -0.05) is 12.2 Å². The van der Waals surface area contributed by atoms with Gasteiger partial charge in [-0.25, -0.2) is 0 Å². The van der Waals surface area contributed by atoms with Crippen molar-refractivity contribution in [3.63, 3.8) is 0 Å². The first-order valence-electron chi connectivity index (χ1n) is 6.71. The summed E-state index contributed by atoms with van der Waals surface area (Å²) in [6.45, 7) is 3.84. The lowest BCUT2D eigenvalue weighted by molar-refractivity contribution is -0.260. The molecule has 0 aromatic heterocycles. The van der Waals surface area contributed by atoms with E-state index in [1.807, 2.05) is 0 Å². The second kappa shape index (κ2) is 4.15. The van der Waals surface area contributed by atoms with Crippen LogP contribution in [0.3, 0.4) is 0 Å². The lowest BCUT2D eigenvalue weighted by atomic mass is 9.88. The van der Waals surface area contributed by atoms with E-state index in [0.29, 0.717) is 0 Å². The van der Waals surface area contributed by atoms with Crippen LogP contribution in [0.5, 0.6) is 0 Å². The molecule has 1 aliphatic heterocycles. The van der Waals surface area contributed by atoms with Crippen LogP contribution in [-0.2, 0) is 9.47 Å². The average Bonchev–Trinajstić information content (AvgIpc) is 2.89. The van der Waals surface area contributed by atoms with Crippen LogP contribution in [0.4, 0.5) is 0 Å². The molecule has 2 bridgehead atoms. The van der Waals surface area contributed by atoms with Crippen molar-refractivity contribution in [1.82, 2.24) is 0 Å². The van der Waals surface area contributed by atoms with Crippen molar-refractivity contribution in [2.75, 3.05) is 13.2 Å². The minimum atomic E-state index is -0.288. The van der Waals surface area contributed by atoms with E-state index in [9.17, 15) is 0 Å². The number of fused-ring (bicyclic) bond motifs is 2. The van der Waals surface area contributed by atoms with Gasteiger partial charge in [0.25, 0.3) is 0 Å².